The Morgan fingerprint density at radius 1 is 1.00 bits per heavy atom. The number of anilines is 1. The lowest BCUT2D eigenvalue weighted by atomic mass is 10.3. The number of hydrogen-bond acceptors (Lipinski definition) is 4. The lowest BCUT2D eigenvalue weighted by Crippen LogP contribution is -2.25. The third-order valence-electron chi connectivity index (χ3n) is 3.80. The van der Waals surface area contributed by atoms with Crippen molar-refractivity contribution in [1.29, 1.82) is 0 Å². The minimum absolute atomic E-state index is 0.219. The van der Waals surface area contributed by atoms with Crippen LogP contribution in [0.1, 0.15) is 22.7 Å². The Bertz CT molecular complexity index is 865. The molecule has 3 rings (SSSR count). The van der Waals surface area contributed by atoms with Gasteiger partial charge in [-0.1, -0.05) is 40.2 Å². The van der Waals surface area contributed by atoms with Crippen LogP contribution in [0.4, 0.5) is 5.69 Å². The molecule has 0 saturated carbocycles. The van der Waals surface area contributed by atoms with Gasteiger partial charge >= 0.3 is 0 Å². The number of furan rings is 1. The molecule has 0 aliphatic rings. The molecule has 0 unspecified atom stereocenters. The number of amides is 1. The summed E-state index contributed by atoms with van der Waals surface area (Å²) in [6.45, 7) is 1.63. The summed E-state index contributed by atoms with van der Waals surface area (Å²) in [4.78, 5) is 12.1. The smallest absolute Gasteiger partial charge is 0.286 e. The van der Waals surface area contributed by atoms with E-state index in [1.54, 1.807) is 12.1 Å². The predicted molar refractivity (Wildman–Crippen MR) is 109 cm³/mol. The monoisotopic (exact) mass is 428 g/mol. The summed E-state index contributed by atoms with van der Waals surface area (Å²) in [5.74, 6) is 1.41. The molecule has 0 radical (unpaired) electrons. The topological polar surface area (TPSA) is 63.5 Å². The molecule has 3 aromatic rings. The predicted octanol–water partition coefficient (Wildman–Crippen LogP) is 4.85. The van der Waals surface area contributed by atoms with Crippen LogP contribution < -0.4 is 15.4 Å². The zero-order chi connectivity index (χ0) is 18.9. The van der Waals surface area contributed by atoms with E-state index in [0.29, 0.717) is 18.1 Å². The second kappa shape index (κ2) is 9.83. The number of nitrogens with one attached hydrogen (secondary N) is 2. The summed E-state index contributed by atoms with van der Waals surface area (Å²) >= 11 is 3.40. The first-order valence-corrected chi connectivity index (χ1v) is 9.54. The Hall–Kier alpha value is -2.73. The lowest BCUT2D eigenvalue weighted by molar-refractivity contribution is 0.0922. The average molecular weight is 429 g/mol. The van der Waals surface area contributed by atoms with Crippen molar-refractivity contribution in [3.63, 3.8) is 0 Å². The van der Waals surface area contributed by atoms with Gasteiger partial charge in [0.1, 0.15) is 18.1 Å². The number of benzene rings is 2. The molecule has 0 spiro atoms. The van der Waals surface area contributed by atoms with Gasteiger partial charge in [0.05, 0.1) is 0 Å². The zero-order valence-corrected chi connectivity index (χ0v) is 16.4. The third kappa shape index (κ3) is 6.18. The molecule has 0 aliphatic heterocycles. The molecule has 5 nitrogen and oxygen atoms in total. The summed E-state index contributed by atoms with van der Waals surface area (Å²) in [6.07, 6.45) is 0.820. The van der Waals surface area contributed by atoms with Crippen LogP contribution in [0.15, 0.2) is 75.6 Å². The van der Waals surface area contributed by atoms with Gasteiger partial charge < -0.3 is 19.8 Å². The molecule has 6 heteroatoms. The SMILES string of the molecule is O=C(NCCCNc1ccccc1)c1ccc(COc2cccc(Br)c2)o1. The minimum Gasteiger partial charge on any atom is -0.486 e. The van der Waals surface area contributed by atoms with E-state index < -0.39 is 0 Å². The number of hydrogen-bond donors (Lipinski definition) is 2. The molecular weight excluding hydrogens is 408 g/mol. The molecule has 0 atom stereocenters. The molecule has 27 heavy (non-hydrogen) atoms. The van der Waals surface area contributed by atoms with Gasteiger partial charge in [0, 0.05) is 23.2 Å². The molecule has 0 bridgehead atoms. The minimum atomic E-state index is -0.219. The highest BCUT2D eigenvalue weighted by molar-refractivity contribution is 9.10. The Kier molecular flexibility index (Phi) is 6.93. The van der Waals surface area contributed by atoms with Gasteiger partial charge in [0.15, 0.2) is 5.76 Å². The van der Waals surface area contributed by atoms with Crippen molar-refractivity contribution in [3.05, 3.63) is 82.7 Å². The third-order valence-corrected chi connectivity index (χ3v) is 4.30. The molecule has 0 saturated heterocycles. The first-order chi connectivity index (χ1) is 13.2. The number of para-hydroxylation sites is 1. The maximum Gasteiger partial charge on any atom is 0.286 e. The van der Waals surface area contributed by atoms with E-state index in [9.17, 15) is 4.79 Å². The largest absolute Gasteiger partial charge is 0.486 e. The van der Waals surface area contributed by atoms with Gasteiger partial charge in [-0.05, 0) is 48.9 Å². The Morgan fingerprint density at radius 2 is 1.85 bits per heavy atom. The summed E-state index contributed by atoms with van der Waals surface area (Å²) in [7, 11) is 0. The van der Waals surface area contributed by atoms with E-state index >= 15 is 0 Å². The van der Waals surface area contributed by atoms with Crippen LogP contribution in [-0.2, 0) is 6.61 Å². The second-order valence-corrected chi connectivity index (χ2v) is 6.83. The van der Waals surface area contributed by atoms with Gasteiger partial charge in [0.25, 0.3) is 5.91 Å². The van der Waals surface area contributed by atoms with Crippen molar-refractivity contribution in [3.8, 4) is 5.75 Å². The standard InChI is InChI=1S/C21H21BrN2O3/c22-16-6-4-9-18(14-16)26-15-19-10-11-20(27-19)21(25)24-13-5-12-23-17-7-2-1-3-8-17/h1-4,6-11,14,23H,5,12-13,15H2,(H,24,25). The van der Waals surface area contributed by atoms with E-state index in [1.807, 2.05) is 54.6 Å². The van der Waals surface area contributed by atoms with Crippen LogP contribution in [0, 0.1) is 0 Å². The average Bonchev–Trinajstić information content (AvgIpc) is 3.16. The normalized spacial score (nSPS) is 10.4. The van der Waals surface area contributed by atoms with Crippen molar-refractivity contribution in [2.75, 3.05) is 18.4 Å². The summed E-state index contributed by atoms with van der Waals surface area (Å²) in [6, 6.07) is 21.0. The van der Waals surface area contributed by atoms with Crippen molar-refractivity contribution >= 4 is 27.5 Å². The molecule has 2 aromatic carbocycles. The molecule has 1 aromatic heterocycles. The number of carbonyl (C=O) groups is 1. The maximum atomic E-state index is 12.1. The molecule has 1 amide bonds. The van der Waals surface area contributed by atoms with E-state index in [2.05, 4.69) is 26.6 Å². The fraction of sp³-hybridized carbons (Fsp3) is 0.190. The Balaban J connectivity index is 1.38. The van der Waals surface area contributed by atoms with Crippen LogP contribution in [-0.4, -0.2) is 19.0 Å². The van der Waals surface area contributed by atoms with Crippen LogP contribution >= 0.6 is 15.9 Å². The lowest BCUT2D eigenvalue weighted by Gasteiger charge is -2.07. The fourth-order valence-electron chi connectivity index (χ4n) is 2.45. The second-order valence-electron chi connectivity index (χ2n) is 5.91. The zero-order valence-electron chi connectivity index (χ0n) is 14.8. The number of halogens is 1. The molecular formula is C21H21BrN2O3. The van der Waals surface area contributed by atoms with Gasteiger partial charge in [-0.15, -0.1) is 0 Å². The summed E-state index contributed by atoms with van der Waals surface area (Å²) in [5.41, 5.74) is 1.07. The number of rotatable bonds is 9. The molecule has 140 valence electrons. The Labute approximate surface area is 166 Å². The summed E-state index contributed by atoms with van der Waals surface area (Å²) in [5, 5.41) is 6.16. The molecule has 0 aliphatic carbocycles. The van der Waals surface area contributed by atoms with Gasteiger partial charge in [0.2, 0.25) is 0 Å². The molecule has 2 N–H and O–H groups in total. The van der Waals surface area contributed by atoms with E-state index in [4.69, 9.17) is 9.15 Å². The fourth-order valence-corrected chi connectivity index (χ4v) is 2.83. The van der Waals surface area contributed by atoms with Crippen LogP contribution in [0.25, 0.3) is 0 Å². The van der Waals surface area contributed by atoms with Crippen LogP contribution in [0.3, 0.4) is 0 Å². The number of ether oxygens (including phenoxy) is 1. The van der Waals surface area contributed by atoms with E-state index in [-0.39, 0.29) is 12.5 Å². The van der Waals surface area contributed by atoms with Crippen LogP contribution in [0.5, 0.6) is 5.75 Å². The van der Waals surface area contributed by atoms with Crippen molar-refractivity contribution < 1.29 is 13.9 Å². The highest BCUT2D eigenvalue weighted by atomic mass is 79.9. The molecule has 0 fully saturated rings. The van der Waals surface area contributed by atoms with Gasteiger partial charge in [-0.2, -0.15) is 0 Å². The highest BCUT2D eigenvalue weighted by Gasteiger charge is 2.11. The van der Waals surface area contributed by atoms with Crippen molar-refractivity contribution in [2.45, 2.75) is 13.0 Å². The first kappa shape index (κ1) is 19.0. The van der Waals surface area contributed by atoms with Crippen molar-refractivity contribution in [2.24, 2.45) is 0 Å². The van der Waals surface area contributed by atoms with Crippen molar-refractivity contribution in [1.82, 2.24) is 5.32 Å². The van der Waals surface area contributed by atoms with Crippen LogP contribution in [0.2, 0.25) is 0 Å². The van der Waals surface area contributed by atoms with Gasteiger partial charge in [-0.25, -0.2) is 0 Å². The number of carbonyl (C=O) groups excluding carboxylic acids is 1. The van der Waals surface area contributed by atoms with E-state index in [1.165, 1.54) is 0 Å². The highest BCUT2D eigenvalue weighted by Crippen LogP contribution is 2.19. The Morgan fingerprint density at radius 3 is 2.67 bits per heavy atom. The molecule has 1 heterocycles. The quantitative estimate of drug-likeness (QED) is 0.478. The maximum absolute atomic E-state index is 12.1. The van der Waals surface area contributed by atoms with E-state index in [0.717, 1.165) is 28.9 Å². The summed E-state index contributed by atoms with van der Waals surface area (Å²) < 4.78 is 12.2. The first-order valence-electron chi connectivity index (χ1n) is 8.75. The van der Waals surface area contributed by atoms with Gasteiger partial charge in [-0.3, -0.25) is 4.79 Å².